The third kappa shape index (κ3) is 16.4. The fraction of sp³-hybridized carbons (Fsp3) is 0.516. The first-order valence-corrected chi connectivity index (χ1v) is 17.6. The van der Waals surface area contributed by atoms with Gasteiger partial charge in [-0.15, -0.1) is 23.3 Å². The fourth-order valence-electron chi connectivity index (χ4n) is 3.94. The quantitative estimate of drug-likeness (QED) is 0.143. The van der Waals surface area contributed by atoms with Crippen LogP contribution in [0.2, 0.25) is 0 Å². The maximum atomic E-state index is 11.6. The predicted octanol–water partition coefficient (Wildman–Crippen LogP) is 8.28. The monoisotopic (exact) mass is 612 g/mol. The van der Waals surface area contributed by atoms with Crippen LogP contribution in [0.5, 0.6) is 5.75 Å². The zero-order chi connectivity index (χ0) is 31.0. The summed E-state index contributed by atoms with van der Waals surface area (Å²) in [5.41, 5.74) is 3.47. The lowest BCUT2D eigenvalue weighted by atomic mass is 9.97. The Hall–Kier alpha value is -1.94. The Bertz CT molecular complexity index is 1060. The molecule has 2 unspecified atom stereocenters. The summed E-state index contributed by atoms with van der Waals surface area (Å²) in [7, 11) is -1.72. The van der Waals surface area contributed by atoms with E-state index in [0.29, 0.717) is 23.9 Å². The molecule has 40 heavy (non-hydrogen) atoms. The van der Waals surface area contributed by atoms with Crippen LogP contribution in [0.4, 0.5) is 0 Å². The average Bonchev–Trinajstić information content (AvgIpc) is 3.49. The minimum absolute atomic E-state index is 0.113. The first-order valence-electron chi connectivity index (χ1n) is 14.1. The van der Waals surface area contributed by atoms with Gasteiger partial charge in [0, 0.05) is 7.05 Å². The van der Waals surface area contributed by atoms with Crippen LogP contribution >= 0.6 is 23.3 Å². The highest BCUT2D eigenvalue weighted by atomic mass is 33.1. The maximum absolute atomic E-state index is 11.6. The van der Waals surface area contributed by atoms with Crippen LogP contribution in [0, 0.1) is 0 Å². The molecule has 1 N–H and O–H groups in total. The SMILES string of the molecule is C/C=C(/NS(C)(=O)=O)C(COC1CCC(c2cccc(OCc3ccccc3)c2)C1)=NC.CC.CC.CC.SS. The molecule has 1 aliphatic carbocycles. The van der Waals surface area contributed by atoms with Crippen LogP contribution in [0.3, 0.4) is 0 Å². The second-order valence-electron chi connectivity index (χ2n) is 8.04. The third-order valence-corrected chi connectivity index (χ3v) is 6.17. The molecule has 3 rings (SSSR count). The van der Waals surface area contributed by atoms with Gasteiger partial charge in [0.2, 0.25) is 10.0 Å². The normalized spacial score (nSPS) is 16.4. The van der Waals surface area contributed by atoms with Gasteiger partial charge in [-0.05, 0) is 55.4 Å². The molecular formula is C31H52N2O4S3. The second kappa shape index (κ2) is 24.8. The number of aliphatic imine (C=N–C) groups is 1. The number of sulfonamides is 1. The van der Waals surface area contributed by atoms with Crippen LogP contribution in [0.25, 0.3) is 0 Å². The molecule has 0 radical (unpaired) electrons. The van der Waals surface area contributed by atoms with E-state index in [4.69, 9.17) is 9.47 Å². The van der Waals surface area contributed by atoms with Crippen LogP contribution in [-0.4, -0.2) is 40.1 Å². The number of rotatable bonds is 10. The number of ether oxygens (including phenoxy) is 2. The fourth-order valence-corrected chi connectivity index (χ4v) is 4.57. The van der Waals surface area contributed by atoms with Crippen molar-refractivity contribution in [1.29, 1.82) is 0 Å². The van der Waals surface area contributed by atoms with Gasteiger partial charge in [0.1, 0.15) is 12.4 Å². The molecular weight excluding hydrogens is 561 g/mol. The number of nitrogens with zero attached hydrogens (tertiary/aromatic N) is 1. The van der Waals surface area contributed by atoms with Gasteiger partial charge in [-0.3, -0.25) is 9.71 Å². The molecule has 2 atom stereocenters. The summed E-state index contributed by atoms with van der Waals surface area (Å²) in [5, 5.41) is 0. The van der Waals surface area contributed by atoms with Crippen LogP contribution in [0.1, 0.15) is 84.8 Å². The Balaban J connectivity index is 0. The van der Waals surface area contributed by atoms with Crippen LogP contribution in [-0.2, 0) is 21.4 Å². The van der Waals surface area contributed by atoms with Crippen molar-refractivity contribution in [3.8, 4) is 5.75 Å². The van der Waals surface area contributed by atoms with E-state index in [0.717, 1.165) is 36.8 Å². The van der Waals surface area contributed by atoms with E-state index in [-0.39, 0.29) is 12.7 Å². The van der Waals surface area contributed by atoms with Gasteiger partial charge in [0.15, 0.2) is 0 Å². The minimum Gasteiger partial charge on any atom is -0.489 e. The zero-order valence-electron chi connectivity index (χ0n) is 25.8. The van der Waals surface area contributed by atoms with Gasteiger partial charge >= 0.3 is 0 Å². The van der Waals surface area contributed by atoms with Gasteiger partial charge in [0.05, 0.1) is 30.4 Å². The van der Waals surface area contributed by atoms with Crippen LogP contribution < -0.4 is 9.46 Å². The van der Waals surface area contributed by atoms with Crippen molar-refractivity contribution >= 4 is 39.1 Å². The molecule has 1 fully saturated rings. The molecule has 0 aromatic heterocycles. The number of nitrogens with one attached hydrogen (secondary N) is 1. The van der Waals surface area contributed by atoms with E-state index in [2.05, 4.69) is 57.3 Å². The van der Waals surface area contributed by atoms with E-state index in [9.17, 15) is 8.42 Å². The molecule has 2 aromatic carbocycles. The molecule has 0 amide bonds. The largest absolute Gasteiger partial charge is 0.489 e. The number of hydrogen-bond acceptors (Lipinski definition) is 7. The highest BCUT2D eigenvalue weighted by molar-refractivity contribution is 8.59. The van der Waals surface area contributed by atoms with Gasteiger partial charge in [-0.1, -0.05) is 90.1 Å². The standard InChI is InChI=1S/C25H32N2O4S.3C2H6.H2S2/c1-4-24(27-32(3,28)29)25(26-2)18-31-23-14-13-21(16-23)20-11-8-12-22(15-20)30-17-19-9-6-5-7-10-19;4*1-2/h4-12,15,21,23,27H,13-14,16-18H2,1-3H3;3*1-2H3;1-2H/b24-4+,26-25?;;;;. The molecule has 0 heterocycles. The molecule has 2 aromatic rings. The van der Waals surface area contributed by atoms with Crippen molar-refractivity contribution in [1.82, 2.24) is 4.72 Å². The van der Waals surface area contributed by atoms with Gasteiger partial charge in [-0.25, -0.2) is 8.42 Å². The van der Waals surface area contributed by atoms with E-state index in [1.807, 2.05) is 71.9 Å². The lowest BCUT2D eigenvalue weighted by molar-refractivity contribution is 0.0863. The van der Waals surface area contributed by atoms with E-state index < -0.39 is 10.0 Å². The summed E-state index contributed by atoms with van der Waals surface area (Å²) in [6.07, 6.45) is 5.87. The highest BCUT2D eigenvalue weighted by Crippen LogP contribution is 2.37. The Morgan fingerprint density at radius 3 is 2.17 bits per heavy atom. The van der Waals surface area contributed by atoms with Gasteiger partial charge in [-0.2, -0.15) is 0 Å². The molecule has 1 aliphatic rings. The maximum Gasteiger partial charge on any atom is 0.229 e. The average molecular weight is 613 g/mol. The topological polar surface area (TPSA) is 77.0 Å². The Labute approximate surface area is 255 Å². The van der Waals surface area contributed by atoms with Crippen molar-refractivity contribution in [3.63, 3.8) is 0 Å². The first kappa shape index (κ1) is 40.2. The summed E-state index contributed by atoms with van der Waals surface area (Å²) < 4.78 is 37.7. The molecule has 9 heteroatoms. The predicted molar refractivity (Wildman–Crippen MR) is 181 cm³/mol. The molecule has 0 bridgehead atoms. The molecule has 0 aliphatic heterocycles. The molecule has 6 nitrogen and oxygen atoms in total. The van der Waals surface area contributed by atoms with Crippen LogP contribution in [0.15, 0.2) is 71.4 Å². The number of allylic oxidation sites excluding steroid dienone is 1. The lowest BCUT2D eigenvalue weighted by Crippen LogP contribution is -2.29. The molecule has 228 valence electrons. The lowest BCUT2D eigenvalue weighted by Gasteiger charge is -2.16. The Morgan fingerprint density at radius 1 is 1.00 bits per heavy atom. The van der Waals surface area contributed by atoms with E-state index in [1.54, 1.807) is 20.0 Å². The number of benzene rings is 2. The molecule has 0 spiro atoms. The molecule has 0 saturated heterocycles. The summed E-state index contributed by atoms with van der Waals surface area (Å²) >= 11 is 6.44. The summed E-state index contributed by atoms with van der Waals surface area (Å²) in [6.45, 7) is 14.6. The van der Waals surface area contributed by atoms with E-state index >= 15 is 0 Å². The summed E-state index contributed by atoms with van der Waals surface area (Å²) in [5.74, 6) is 1.29. The van der Waals surface area contributed by atoms with E-state index in [1.165, 1.54) is 5.56 Å². The van der Waals surface area contributed by atoms with Crippen molar-refractivity contribution in [2.24, 2.45) is 4.99 Å². The summed E-state index contributed by atoms with van der Waals surface area (Å²) in [6, 6.07) is 18.5. The van der Waals surface area contributed by atoms with Crippen molar-refractivity contribution in [2.75, 3.05) is 19.9 Å². The van der Waals surface area contributed by atoms with Crippen molar-refractivity contribution in [2.45, 2.75) is 86.4 Å². The smallest absolute Gasteiger partial charge is 0.229 e. The third-order valence-electron chi connectivity index (χ3n) is 5.58. The minimum atomic E-state index is -3.37. The Morgan fingerprint density at radius 2 is 1.62 bits per heavy atom. The Kier molecular flexibility index (Phi) is 24.9. The van der Waals surface area contributed by atoms with Gasteiger partial charge in [0.25, 0.3) is 0 Å². The second-order valence-corrected chi connectivity index (χ2v) is 9.79. The number of hydrogen-bond donors (Lipinski definition) is 3. The molecule has 1 saturated carbocycles. The first-order chi connectivity index (χ1) is 19.4. The van der Waals surface area contributed by atoms with Crippen molar-refractivity contribution in [3.05, 3.63) is 77.5 Å². The van der Waals surface area contributed by atoms with Gasteiger partial charge < -0.3 is 9.47 Å². The zero-order valence-corrected chi connectivity index (χ0v) is 28.5. The van der Waals surface area contributed by atoms with Crippen molar-refractivity contribution < 1.29 is 17.9 Å². The highest BCUT2D eigenvalue weighted by Gasteiger charge is 2.27. The summed E-state index contributed by atoms with van der Waals surface area (Å²) in [4.78, 5) is 4.22. The number of thiol groups is 2.